The van der Waals surface area contributed by atoms with Gasteiger partial charge in [-0.25, -0.2) is 4.39 Å². The van der Waals surface area contributed by atoms with Gasteiger partial charge in [0, 0.05) is 14.9 Å². The molecule has 1 aromatic heterocycles. The lowest BCUT2D eigenvalue weighted by Gasteiger charge is -1.93. The number of halogens is 2. The van der Waals surface area contributed by atoms with Gasteiger partial charge in [0.15, 0.2) is 11.6 Å². The summed E-state index contributed by atoms with van der Waals surface area (Å²) in [6, 6.07) is 4.75. The van der Waals surface area contributed by atoms with Gasteiger partial charge < -0.3 is 5.11 Å². The van der Waals surface area contributed by atoms with Crippen LogP contribution in [0.15, 0.2) is 18.2 Å². The minimum absolute atomic E-state index is 0.286. The molecule has 1 heterocycles. The summed E-state index contributed by atoms with van der Waals surface area (Å²) in [7, 11) is 0. The number of hydrogen-bond donors (Lipinski definition) is 1. The van der Waals surface area contributed by atoms with E-state index in [9.17, 15) is 4.39 Å². The Labute approximate surface area is 86.9 Å². The first-order valence-electron chi connectivity index (χ1n) is 3.67. The molecule has 0 saturated heterocycles. The maximum absolute atomic E-state index is 12.9. The van der Waals surface area contributed by atoms with Crippen molar-refractivity contribution < 1.29 is 9.50 Å². The van der Waals surface area contributed by atoms with Crippen LogP contribution in [0.2, 0.25) is 0 Å². The molecule has 0 aliphatic rings. The average Bonchev–Trinajstić information content (AvgIpc) is 2.48. The van der Waals surface area contributed by atoms with E-state index in [-0.39, 0.29) is 5.75 Å². The molecular weight excluding hydrogens is 255 g/mol. The average molecular weight is 261 g/mol. The molecule has 68 valence electrons. The minimum Gasteiger partial charge on any atom is -0.505 e. The molecule has 0 radical (unpaired) electrons. The van der Waals surface area contributed by atoms with Gasteiger partial charge in [0.2, 0.25) is 0 Å². The maximum Gasteiger partial charge on any atom is 0.166 e. The number of aromatic hydroxyl groups is 1. The second-order valence-corrected chi connectivity index (χ2v) is 4.42. The third-order valence-corrected chi connectivity index (χ3v) is 3.84. The van der Waals surface area contributed by atoms with Crippen molar-refractivity contribution in [2.75, 3.05) is 0 Å². The van der Waals surface area contributed by atoms with Crippen molar-refractivity contribution in [2.45, 2.75) is 5.33 Å². The van der Waals surface area contributed by atoms with E-state index in [2.05, 4.69) is 15.9 Å². The van der Waals surface area contributed by atoms with Gasteiger partial charge in [-0.2, -0.15) is 0 Å². The summed E-state index contributed by atoms with van der Waals surface area (Å²) in [4.78, 5) is 1.13. The lowest BCUT2D eigenvalue weighted by atomic mass is 10.2. The molecule has 0 bridgehead atoms. The highest BCUT2D eigenvalue weighted by atomic mass is 79.9. The van der Waals surface area contributed by atoms with Gasteiger partial charge in [0.05, 0.1) is 0 Å². The molecule has 0 amide bonds. The van der Waals surface area contributed by atoms with Crippen molar-refractivity contribution in [2.24, 2.45) is 0 Å². The van der Waals surface area contributed by atoms with Crippen molar-refractivity contribution in [1.82, 2.24) is 0 Å². The fraction of sp³-hybridized carbons (Fsp3) is 0.111. The van der Waals surface area contributed by atoms with Crippen molar-refractivity contribution >= 4 is 37.4 Å². The van der Waals surface area contributed by atoms with E-state index in [0.29, 0.717) is 0 Å². The van der Waals surface area contributed by atoms with Gasteiger partial charge in [-0.15, -0.1) is 11.3 Å². The predicted molar refractivity (Wildman–Crippen MR) is 56.1 cm³/mol. The number of phenolic OH excluding ortho intramolecular Hbond substituents is 1. The molecular formula is C9H6BrFOS. The third-order valence-electron chi connectivity index (χ3n) is 1.77. The number of rotatable bonds is 1. The molecule has 0 spiro atoms. The first-order valence-corrected chi connectivity index (χ1v) is 5.61. The summed E-state index contributed by atoms with van der Waals surface area (Å²) in [6.07, 6.45) is 0. The van der Waals surface area contributed by atoms with E-state index >= 15 is 0 Å². The summed E-state index contributed by atoms with van der Waals surface area (Å²) in [5.74, 6) is -0.845. The van der Waals surface area contributed by atoms with Crippen molar-refractivity contribution in [1.29, 1.82) is 0 Å². The molecule has 1 nitrogen and oxygen atoms in total. The Bertz CT molecular complexity index is 413. The zero-order valence-electron chi connectivity index (χ0n) is 6.55. The largest absolute Gasteiger partial charge is 0.505 e. The second-order valence-electron chi connectivity index (χ2n) is 2.69. The monoisotopic (exact) mass is 260 g/mol. The first kappa shape index (κ1) is 8.97. The fourth-order valence-electron chi connectivity index (χ4n) is 1.17. The smallest absolute Gasteiger partial charge is 0.166 e. The van der Waals surface area contributed by atoms with Crippen LogP contribution in [0.4, 0.5) is 4.39 Å². The normalized spacial score (nSPS) is 10.9. The van der Waals surface area contributed by atoms with Crippen LogP contribution in [0.5, 0.6) is 5.75 Å². The molecule has 1 aromatic carbocycles. The molecule has 1 N–H and O–H groups in total. The highest BCUT2D eigenvalue weighted by Crippen LogP contribution is 2.31. The third kappa shape index (κ3) is 1.56. The maximum atomic E-state index is 12.9. The summed E-state index contributed by atoms with van der Waals surface area (Å²) in [6.45, 7) is 0. The fourth-order valence-corrected chi connectivity index (χ4v) is 2.60. The van der Waals surface area contributed by atoms with E-state index in [1.54, 1.807) is 0 Å². The van der Waals surface area contributed by atoms with Crippen LogP contribution in [0.1, 0.15) is 4.88 Å². The number of phenols is 1. The molecule has 13 heavy (non-hydrogen) atoms. The van der Waals surface area contributed by atoms with Crippen molar-refractivity contribution in [3.63, 3.8) is 0 Å². The SMILES string of the molecule is Oc1cc2cc(CBr)sc2cc1F. The van der Waals surface area contributed by atoms with Crippen LogP contribution in [-0.4, -0.2) is 5.11 Å². The Morgan fingerprint density at radius 3 is 2.85 bits per heavy atom. The van der Waals surface area contributed by atoms with Gasteiger partial charge in [-0.3, -0.25) is 0 Å². The number of alkyl halides is 1. The van der Waals surface area contributed by atoms with E-state index in [0.717, 1.165) is 20.3 Å². The van der Waals surface area contributed by atoms with E-state index < -0.39 is 5.82 Å². The summed E-state index contributed by atoms with van der Waals surface area (Å²) < 4.78 is 13.8. The summed E-state index contributed by atoms with van der Waals surface area (Å²) in [5.41, 5.74) is 0. The number of thiophene rings is 1. The Kier molecular flexibility index (Phi) is 2.26. The molecule has 0 fully saturated rings. The van der Waals surface area contributed by atoms with Crippen LogP contribution >= 0.6 is 27.3 Å². The van der Waals surface area contributed by atoms with Crippen LogP contribution in [0.25, 0.3) is 10.1 Å². The Morgan fingerprint density at radius 2 is 2.15 bits per heavy atom. The molecule has 0 unspecified atom stereocenters. The number of hydrogen-bond acceptors (Lipinski definition) is 2. The van der Waals surface area contributed by atoms with Gasteiger partial charge in [0.1, 0.15) is 0 Å². The summed E-state index contributed by atoms with van der Waals surface area (Å²) in [5, 5.41) is 10.8. The topological polar surface area (TPSA) is 20.2 Å². The highest BCUT2D eigenvalue weighted by molar-refractivity contribution is 9.08. The quantitative estimate of drug-likeness (QED) is 0.777. The van der Waals surface area contributed by atoms with Crippen molar-refractivity contribution in [3.8, 4) is 5.75 Å². The molecule has 0 saturated carbocycles. The molecule has 0 aliphatic carbocycles. The number of benzene rings is 1. The predicted octanol–water partition coefficient (Wildman–Crippen LogP) is 3.64. The zero-order chi connectivity index (χ0) is 9.42. The number of fused-ring (bicyclic) bond motifs is 1. The van der Waals surface area contributed by atoms with E-state index in [4.69, 9.17) is 5.11 Å². The van der Waals surface area contributed by atoms with Crippen LogP contribution < -0.4 is 0 Å². The molecule has 0 aliphatic heterocycles. The van der Waals surface area contributed by atoms with Crippen LogP contribution in [0.3, 0.4) is 0 Å². The van der Waals surface area contributed by atoms with Crippen LogP contribution in [-0.2, 0) is 5.33 Å². The van der Waals surface area contributed by atoms with Gasteiger partial charge >= 0.3 is 0 Å². The first-order chi connectivity index (χ1) is 6.20. The highest BCUT2D eigenvalue weighted by Gasteiger charge is 2.06. The molecule has 0 atom stereocenters. The lowest BCUT2D eigenvalue weighted by molar-refractivity contribution is 0.434. The standard InChI is InChI=1S/C9H6BrFOS/c10-4-6-1-5-2-8(12)7(11)3-9(5)13-6/h1-3,12H,4H2. The van der Waals surface area contributed by atoms with E-state index in [1.165, 1.54) is 23.5 Å². The Morgan fingerprint density at radius 1 is 1.38 bits per heavy atom. The van der Waals surface area contributed by atoms with Gasteiger partial charge in [-0.1, -0.05) is 15.9 Å². The molecule has 4 heteroatoms. The molecule has 2 rings (SSSR count). The Hall–Kier alpha value is -0.610. The van der Waals surface area contributed by atoms with Crippen molar-refractivity contribution in [3.05, 3.63) is 28.9 Å². The van der Waals surface area contributed by atoms with Gasteiger partial charge in [0.25, 0.3) is 0 Å². The zero-order valence-corrected chi connectivity index (χ0v) is 8.95. The van der Waals surface area contributed by atoms with E-state index in [1.807, 2.05) is 6.07 Å². The lowest BCUT2D eigenvalue weighted by Crippen LogP contribution is -1.73. The van der Waals surface area contributed by atoms with Crippen LogP contribution in [0, 0.1) is 5.82 Å². The van der Waals surface area contributed by atoms with Gasteiger partial charge in [-0.05, 0) is 23.6 Å². The minimum atomic E-state index is -0.560. The second kappa shape index (κ2) is 3.27. The summed E-state index contributed by atoms with van der Waals surface area (Å²) >= 11 is 4.85. The molecule has 2 aromatic rings. The Balaban J connectivity index is 2.70.